The maximum atomic E-state index is 12.6. The van der Waals surface area contributed by atoms with Gasteiger partial charge in [-0.25, -0.2) is 4.57 Å². The number of ether oxygens (including phenoxy) is 1. The molecule has 1 aromatic carbocycles. The quantitative estimate of drug-likeness (QED) is 0.0754. The molecule has 0 N–H and O–H groups in total. The van der Waals surface area contributed by atoms with Gasteiger partial charge in [-0.3, -0.25) is 13.6 Å². The molecule has 0 heterocycles. The summed E-state index contributed by atoms with van der Waals surface area (Å²) >= 11 is 0. The van der Waals surface area contributed by atoms with E-state index in [0.29, 0.717) is 25.0 Å². The molecule has 34 heavy (non-hydrogen) atoms. The van der Waals surface area contributed by atoms with E-state index in [4.69, 9.17) is 18.3 Å². The molecule has 0 spiro atoms. The van der Waals surface area contributed by atoms with E-state index < -0.39 is 15.9 Å². The number of hydrogen-bond acceptors (Lipinski definition) is 5. The first-order chi connectivity index (χ1) is 16.1. The Bertz CT molecular complexity index is 813. The van der Waals surface area contributed by atoms with Crippen molar-refractivity contribution < 1.29 is 22.9 Å². The van der Waals surface area contributed by atoms with Gasteiger partial charge in [0.25, 0.3) is 0 Å². The number of phosphoric acid groups is 1. The van der Waals surface area contributed by atoms with Gasteiger partial charge in [-0.05, 0) is 51.0 Å². The van der Waals surface area contributed by atoms with Crippen LogP contribution in [0.3, 0.4) is 0 Å². The van der Waals surface area contributed by atoms with E-state index >= 15 is 0 Å². The van der Waals surface area contributed by atoms with Crippen LogP contribution in [0, 0.1) is 23.3 Å². The monoisotopic (exact) mass is 508 g/mol. The lowest BCUT2D eigenvalue weighted by atomic mass is 9.82. The lowest BCUT2D eigenvalue weighted by Crippen LogP contribution is -2.17. The van der Waals surface area contributed by atoms with Crippen molar-refractivity contribution in [3.8, 4) is 11.5 Å². The molecule has 0 aromatic heterocycles. The Hall–Kier alpha value is -1.19. The third-order valence-electron chi connectivity index (χ3n) is 5.36. The predicted molar refractivity (Wildman–Crippen MR) is 144 cm³/mol. The molecule has 1 aromatic rings. The first kappa shape index (κ1) is 30.8. The topological polar surface area (TPSA) is 54.0 Å². The van der Waals surface area contributed by atoms with E-state index in [1.165, 1.54) is 11.1 Å². The summed E-state index contributed by atoms with van der Waals surface area (Å²) in [6.45, 7) is 16.8. The van der Waals surface area contributed by atoms with Crippen LogP contribution in [0.5, 0.6) is 0 Å². The van der Waals surface area contributed by atoms with Crippen LogP contribution in [-0.4, -0.2) is 34.5 Å². The highest BCUT2D eigenvalue weighted by atomic mass is 31.2. The SMILES string of the molecule is CCOP(=O)(OCC)OC/C=C(\C)[C@H](CCC#C[Si](C)(C)C)[C@H](C)CCOCc1ccccc1. The highest BCUT2D eigenvalue weighted by Crippen LogP contribution is 2.49. The molecule has 0 saturated carbocycles. The van der Waals surface area contributed by atoms with Gasteiger partial charge in [0.1, 0.15) is 8.07 Å². The maximum absolute atomic E-state index is 12.6. The Kier molecular flexibility index (Phi) is 14.9. The van der Waals surface area contributed by atoms with E-state index in [9.17, 15) is 4.57 Å². The third kappa shape index (κ3) is 13.6. The van der Waals surface area contributed by atoms with Gasteiger partial charge in [-0.15, -0.1) is 11.5 Å². The average molecular weight is 509 g/mol. The zero-order valence-corrected chi connectivity index (χ0v) is 24.2. The fraction of sp³-hybridized carbons (Fsp3) is 0.630. The zero-order valence-electron chi connectivity index (χ0n) is 22.3. The number of hydrogen-bond donors (Lipinski definition) is 0. The second-order valence-corrected chi connectivity index (χ2v) is 15.9. The summed E-state index contributed by atoms with van der Waals surface area (Å²) in [5.41, 5.74) is 5.87. The molecule has 0 unspecified atom stereocenters. The van der Waals surface area contributed by atoms with Gasteiger partial charge >= 0.3 is 7.82 Å². The Morgan fingerprint density at radius 1 is 1.06 bits per heavy atom. The molecule has 0 saturated heterocycles. The van der Waals surface area contributed by atoms with Crippen LogP contribution in [0.4, 0.5) is 0 Å². The molecule has 0 fully saturated rings. The first-order valence-corrected chi connectivity index (χ1v) is 17.4. The lowest BCUT2D eigenvalue weighted by Gasteiger charge is -2.25. The highest BCUT2D eigenvalue weighted by molar-refractivity contribution is 7.48. The van der Waals surface area contributed by atoms with Crippen LogP contribution in [0.2, 0.25) is 19.6 Å². The summed E-state index contributed by atoms with van der Waals surface area (Å²) in [5, 5.41) is 0. The average Bonchev–Trinajstić information content (AvgIpc) is 2.76. The summed E-state index contributed by atoms with van der Waals surface area (Å²) in [4.78, 5) is 0. The van der Waals surface area contributed by atoms with Crippen LogP contribution < -0.4 is 0 Å². The number of benzene rings is 1. The number of allylic oxidation sites excluding steroid dienone is 1. The molecule has 0 aliphatic rings. The summed E-state index contributed by atoms with van der Waals surface area (Å²) in [6.07, 6.45) is 4.81. The minimum atomic E-state index is -3.51. The highest BCUT2D eigenvalue weighted by Gasteiger charge is 2.25. The standard InChI is InChI=1S/C27H45O5PSi/c1-8-30-33(28,31-9-2)32-21-19-25(4)27(17-13-14-22-34(5,6)7)24(3)18-20-29-23-26-15-11-10-12-16-26/h10-12,15-16,19,24,27H,8-9,13,17-18,20-21,23H2,1-7H3/b25-19+/t24-,27-/m1/s1. The van der Waals surface area contributed by atoms with Crippen molar-refractivity contribution in [1.82, 2.24) is 0 Å². The van der Waals surface area contributed by atoms with Crippen molar-refractivity contribution in [2.45, 2.75) is 73.2 Å². The fourth-order valence-electron chi connectivity index (χ4n) is 3.59. The summed E-state index contributed by atoms with van der Waals surface area (Å²) in [5.74, 6) is 4.17. The van der Waals surface area contributed by atoms with Gasteiger partial charge in [0.2, 0.25) is 0 Å². The molecule has 0 amide bonds. The summed E-state index contributed by atoms with van der Waals surface area (Å²) in [7, 11) is -4.88. The van der Waals surface area contributed by atoms with Gasteiger partial charge in [-0.1, -0.05) is 68.5 Å². The van der Waals surface area contributed by atoms with E-state index in [0.717, 1.165) is 19.3 Å². The van der Waals surface area contributed by atoms with Crippen molar-refractivity contribution in [3.05, 3.63) is 47.5 Å². The third-order valence-corrected chi connectivity index (χ3v) is 7.90. The van der Waals surface area contributed by atoms with Crippen LogP contribution in [0.25, 0.3) is 0 Å². The maximum Gasteiger partial charge on any atom is 0.475 e. The van der Waals surface area contributed by atoms with Crippen LogP contribution in [0.1, 0.15) is 52.5 Å². The van der Waals surface area contributed by atoms with E-state index in [-0.39, 0.29) is 19.8 Å². The molecule has 7 heteroatoms. The molecule has 0 bridgehead atoms. The van der Waals surface area contributed by atoms with Crippen LogP contribution in [0.15, 0.2) is 42.0 Å². The Morgan fingerprint density at radius 2 is 1.71 bits per heavy atom. The van der Waals surface area contributed by atoms with Crippen molar-refractivity contribution in [3.63, 3.8) is 0 Å². The molecule has 192 valence electrons. The molecule has 2 atom stereocenters. The smallest absolute Gasteiger partial charge is 0.377 e. The lowest BCUT2D eigenvalue weighted by molar-refractivity contribution is 0.103. The molecule has 5 nitrogen and oxygen atoms in total. The van der Waals surface area contributed by atoms with Gasteiger partial charge in [0.15, 0.2) is 0 Å². The van der Waals surface area contributed by atoms with E-state index in [2.05, 4.69) is 57.1 Å². The number of rotatable bonds is 16. The second kappa shape index (κ2) is 16.5. The van der Waals surface area contributed by atoms with E-state index in [1.54, 1.807) is 13.8 Å². The fourth-order valence-corrected chi connectivity index (χ4v) is 5.36. The Morgan fingerprint density at radius 3 is 2.29 bits per heavy atom. The zero-order chi connectivity index (χ0) is 25.5. The molecular formula is C27H45O5PSi. The predicted octanol–water partition coefficient (Wildman–Crippen LogP) is 7.65. The van der Waals surface area contributed by atoms with E-state index in [1.807, 2.05) is 24.3 Å². The molecular weight excluding hydrogens is 463 g/mol. The Balaban J connectivity index is 2.74. The van der Waals surface area contributed by atoms with Crippen molar-refractivity contribution >= 4 is 15.9 Å². The van der Waals surface area contributed by atoms with Crippen molar-refractivity contribution in [2.75, 3.05) is 26.4 Å². The van der Waals surface area contributed by atoms with Crippen molar-refractivity contribution in [2.24, 2.45) is 11.8 Å². The first-order valence-electron chi connectivity index (χ1n) is 12.4. The minimum Gasteiger partial charge on any atom is -0.377 e. The van der Waals surface area contributed by atoms with Gasteiger partial charge in [0, 0.05) is 13.0 Å². The molecule has 0 aliphatic heterocycles. The largest absolute Gasteiger partial charge is 0.475 e. The Labute approximate surface area is 209 Å². The molecule has 1 rings (SSSR count). The number of phosphoric ester groups is 1. The molecule has 0 aliphatic carbocycles. The van der Waals surface area contributed by atoms with Gasteiger partial charge in [0.05, 0.1) is 26.4 Å². The summed E-state index contributed by atoms with van der Waals surface area (Å²) in [6, 6.07) is 10.2. The van der Waals surface area contributed by atoms with Crippen molar-refractivity contribution in [1.29, 1.82) is 0 Å². The minimum absolute atomic E-state index is 0.192. The van der Waals surface area contributed by atoms with Crippen LogP contribution in [-0.2, 0) is 29.5 Å². The summed E-state index contributed by atoms with van der Waals surface area (Å²) < 4.78 is 34.5. The molecule has 0 radical (unpaired) electrons. The normalized spacial score (nSPS) is 14.4. The van der Waals surface area contributed by atoms with Gasteiger partial charge < -0.3 is 4.74 Å². The van der Waals surface area contributed by atoms with Gasteiger partial charge in [-0.2, -0.15) is 0 Å². The second-order valence-electron chi connectivity index (χ2n) is 9.53. The van der Waals surface area contributed by atoms with Crippen LogP contribution >= 0.6 is 7.82 Å².